The summed E-state index contributed by atoms with van der Waals surface area (Å²) in [5.41, 5.74) is 2.12. The Labute approximate surface area is 113 Å². The fraction of sp³-hybridized carbons (Fsp3) is 0.417. The molecule has 1 aliphatic heterocycles. The molecular formula is C12H18ClN3O2. The van der Waals surface area contributed by atoms with Gasteiger partial charge in [-0.2, -0.15) is 0 Å². The predicted molar refractivity (Wildman–Crippen MR) is 75.2 cm³/mol. The number of rotatable bonds is 2. The molecular weight excluding hydrogens is 254 g/mol. The second kappa shape index (κ2) is 5.82. The Morgan fingerprint density at radius 1 is 1.17 bits per heavy atom. The first-order valence-corrected chi connectivity index (χ1v) is 5.39. The molecule has 2 rings (SSSR count). The normalized spacial score (nSPS) is 12.6. The summed E-state index contributed by atoms with van der Waals surface area (Å²) in [4.78, 5) is 6.38. The quantitative estimate of drug-likeness (QED) is 0.893. The van der Waals surface area contributed by atoms with Crippen molar-refractivity contribution in [3.63, 3.8) is 0 Å². The summed E-state index contributed by atoms with van der Waals surface area (Å²) < 4.78 is 10.5. The first kappa shape index (κ1) is 14.4. The standard InChI is InChI=1S/C12H17N3O2.ClH/c1-15(2)12-13-7-8-5-10(16-3)11(17-4)6-9(8)14-12;/h5-6H,7H2,1-4H3,(H,13,14);1H. The maximum absolute atomic E-state index is 5.28. The van der Waals surface area contributed by atoms with E-state index in [0.717, 1.165) is 28.7 Å². The van der Waals surface area contributed by atoms with Crippen molar-refractivity contribution in [1.29, 1.82) is 0 Å². The second-order valence-corrected chi connectivity index (χ2v) is 4.02. The number of hydrogen-bond acceptors (Lipinski definition) is 5. The van der Waals surface area contributed by atoms with E-state index in [9.17, 15) is 0 Å². The van der Waals surface area contributed by atoms with Crippen LogP contribution in [0.25, 0.3) is 0 Å². The molecule has 100 valence electrons. The highest BCUT2D eigenvalue weighted by Gasteiger charge is 2.16. The van der Waals surface area contributed by atoms with Gasteiger partial charge >= 0.3 is 0 Å². The smallest absolute Gasteiger partial charge is 0.198 e. The Morgan fingerprint density at radius 3 is 2.33 bits per heavy atom. The summed E-state index contributed by atoms with van der Waals surface area (Å²) in [5, 5.41) is 3.26. The van der Waals surface area contributed by atoms with Crippen LogP contribution in [0.5, 0.6) is 11.5 Å². The highest BCUT2D eigenvalue weighted by molar-refractivity contribution is 5.96. The molecule has 0 saturated heterocycles. The van der Waals surface area contributed by atoms with Gasteiger partial charge in [0.15, 0.2) is 17.5 Å². The molecule has 1 aromatic carbocycles. The third-order valence-corrected chi connectivity index (χ3v) is 2.68. The molecule has 0 atom stereocenters. The molecule has 0 spiro atoms. The van der Waals surface area contributed by atoms with E-state index in [1.165, 1.54) is 0 Å². The topological polar surface area (TPSA) is 46.1 Å². The number of ether oxygens (including phenoxy) is 2. The van der Waals surface area contributed by atoms with E-state index in [2.05, 4.69) is 10.3 Å². The molecule has 0 fully saturated rings. The number of halogens is 1. The van der Waals surface area contributed by atoms with Crippen molar-refractivity contribution in [1.82, 2.24) is 4.90 Å². The van der Waals surface area contributed by atoms with Gasteiger partial charge in [0.25, 0.3) is 0 Å². The van der Waals surface area contributed by atoms with Crippen molar-refractivity contribution in [2.24, 2.45) is 4.99 Å². The van der Waals surface area contributed by atoms with Crippen molar-refractivity contribution < 1.29 is 9.47 Å². The Morgan fingerprint density at radius 2 is 1.78 bits per heavy atom. The van der Waals surface area contributed by atoms with Crippen LogP contribution in [-0.2, 0) is 6.54 Å². The van der Waals surface area contributed by atoms with E-state index in [-0.39, 0.29) is 12.4 Å². The summed E-state index contributed by atoms with van der Waals surface area (Å²) in [6.07, 6.45) is 0. The zero-order valence-electron chi connectivity index (χ0n) is 11.0. The lowest BCUT2D eigenvalue weighted by Crippen LogP contribution is -2.32. The van der Waals surface area contributed by atoms with E-state index in [4.69, 9.17) is 9.47 Å². The SMILES string of the molecule is COc1cc2c(cc1OC)NC(N(C)C)=NC2.Cl. The highest BCUT2D eigenvalue weighted by atomic mass is 35.5. The third-order valence-electron chi connectivity index (χ3n) is 2.68. The Hall–Kier alpha value is -1.62. The zero-order chi connectivity index (χ0) is 12.4. The zero-order valence-corrected chi connectivity index (χ0v) is 11.8. The van der Waals surface area contributed by atoms with E-state index in [0.29, 0.717) is 6.54 Å². The van der Waals surface area contributed by atoms with E-state index in [1.807, 2.05) is 31.1 Å². The van der Waals surface area contributed by atoms with E-state index < -0.39 is 0 Å². The summed E-state index contributed by atoms with van der Waals surface area (Å²) in [6.45, 7) is 0.649. The maximum Gasteiger partial charge on any atom is 0.198 e. The van der Waals surface area contributed by atoms with Crippen molar-refractivity contribution >= 4 is 24.1 Å². The monoisotopic (exact) mass is 271 g/mol. The minimum absolute atomic E-state index is 0. The molecule has 0 saturated carbocycles. The van der Waals surface area contributed by atoms with Crippen LogP contribution >= 0.6 is 12.4 Å². The van der Waals surface area contributed by atoms with Gasteiger partial charge in [-0.25, -0.2) is 4.99 Å². The van der Waals surface area contributed by atoms with E-state index >= 15 is 0 Å². The minimum atomic E-state index is 0. The number of hydrogen-bond donors (Lipinski definition) is 1. The van der Waals surface area contributed by atoms with Crippen LogP contribution < -0.4 is 14.8 Å². The number of anilines is 1. The number of nitrogens with zero attached hydrogens (tertiary/aromatic N) is 2. The number of aliphatic imine (C=N–C) groups is 1. The molecule has 6 heteroatoms. The number of fused-ring (bicyclic) bond motifs is 1. The lowest BCUT2D eigenvalue weighted by molar-refractivity contribution is 0.354. The summed E-state index contributed by atoms with van der Waals surface area (Å²) in [7, 11) is 7.18. The van der Waals surface area contributed by atoms with Crippen LogP contribution in [0, 0.1) is 0 Å². The predicted octanol–water partition coefficient (Wildman–Crippen LogP) is 1.97. The summed E-state index contributed by atoms with van der Waals surface area (Å²) >= 11 is 0. The van der Waals surface area contributed by atoms with Crippen molar-refractivity contribution in [3.05, 3.63) is 17.7 Å². The first-order chi connectivity index (χ1) is 8.15. The Kier molecular flexibility index (Phi) is 4.67. The molecule has 0 aromatic heterocycles. The van der Waals surface area contributed by atoms with Gasteiger partial charge in [-0.1, -0.05) is 0 Å². The van der Waals surface area contributed by atoms with Gasteiger partial charge in [0.05, 0.1) is 20.8 Å². The average Bonchev–Trinajstić information content (AvgIpc) is 2.36. The molecule has 1 aromatic rings. The van der Waals surface area contributed by atoms with Crippen molar-refractivity contribution in [2.45, 2.75) is 6.54 Å². The van der Waals surface area contributed by atoms with Crippen LogP contribution in [-0.4, -0.2) is 39.2 Å². The van der Waals surface area contributed by atoms with Gasteiger partial charge < -0.3 is 19.7 Å². The van der Waals surface area contributed by atoms with Crippen LogP contribution in [0.3, 0.4) is 0 Å². The van der Waals surface area contributed by atoms with Crippen molar-refractivity contribution in [2.75, 3.05) is 33.6 Å². The second-order valence-electron chi connectivity index (χ2n) is 4.02. The largest absolute Gasteiger partial charge is 0.493 e. The molecule has 0 amide bonds. The number of benzene rings is 1. The lowest BCUT2D eigenvalue weighted by Gasteiger charge is -2.24. The van der Waals surface area contributed by atoms with Gasteiger partial charge in [0.1, 0.15) is 0 Å². The first-order valence-electron chi connectivity index (χ1n) is 5.39. The lowest BCUT2D eigenvalue weighted by atomic mass is 10.1. The fourth-order valence-corrected chi connectivity index (χ4v) is 1.74. The van der Waals surface area contributed by atoms with Gasteiger partial charge in [-0.05, 0) is 6.07 Å². The van der Waals surface area contributed by atoms with Crippen LogP contribution in [0.2, 0.25) is 0 Å². The molecule has 0 bridgehead atoms. The molecule has 1 aliphatic rings. The molecule has 1 N–H and O–H groups in total. The number of guanidine groups is 1. The van der Waals surface area contributed by atoms with Gasteiger partial charge in [0, 0.05) is 31.4 Å². The van der Waals surface area contributed by atoms with Crippen LogP contribution in [0.1, 0.15) is 5.56 Å². The van der Waals surface area contributed by atoms with Gasteiger partial charge in [-0.3, -0.25) is 0 Å². The fourth-order valence-electron chi connectivity index (χ4n) is 1.74. The summed E-state index contributed by atoms with van der Waals surface area (Å²) in [6, 6.07) is 3.89. The number of methoxy groups -OCH3 is 2. The van der Waals surface area contributed by atoms with Crippen molar-refractivity contribution in [3.8, 4) is 11.5 Å². The molecule has 0 aliphatic carbocycles. The third kappa shape index (κ3) is 2.61. The Balaban J connectivity index is 0.00000162. The Bertz CT molecular complexity index is 461. The molecule has 1 heterocycles. The van der Waals surface area contributed by atoms with Gasteiger partial charge in [-0.15, -0.1) is 12.4 Å². The average molecular weight is 272 g/mol. The highest BCUT2D eigenvalue weighted by Crippen LogP contribution is 2.34. The number of nitrogens with one attached hydrogen (secondary N) is 1. The molecule has 5 nitrogen and oxygen atoms in total. The molecule has 0 unspecified atom stereocenters. The minimum Gasteiger partial charge on any atom is -0.493 e. The molecule has 18 heavy (non-hydrogen) atoms. The van der Waals surface area contributed by atoms with Gasteiger partial charge in [0.2, 0.25) is 0 Å². The molecule has 0 radical (unpaired) electrons. The van der Waals surface area contributed by atoms with Crippen LogP contribution in [0.15, 0.2) is 17.1 Å². The maximum atomic E-state index is 5.28. The van der Waals surface area contributed by atoms with E-state index in [1.54, 1.807) is 14.2 Å². The summed E-state index contributed by atoms with van der Waals surface area (Å²) in [5.74, 6) is 2.31. The van der Waals surface area contributed by atoms with Crippen LogP contribution in [0.4, 0.5) is 5.69 Å².